The highest BCUT2D eigenvalue weighted by Crippen LogP contribution is 2.39. The fraction of sp³-hybridized carbons (Fsp3) is 0.889. The van der Waals surface area contributed by atoms with Gasteiger partial charge in [-0.15, -0.1) is 0 Å². The van der Waals surface area contributed by atoms with Crippen LogP contribution in [0.25, 0.3) is 0 Å². The van der Waals surface area contributed by atoms with Crippen LogP contribution in [0.2, 0.25) is 0 Å². The van der Waals surface area contributed by atoms with E-state index in [0.717, 1.165) is 6.92 Å². The molecule has 1 unspecified atom stereocenters. The monoisotopic (exact) mass is 211 g/mol. The van der Waals surface area contributed by atoms with Crippen LogP contribution in [0.15, 0.2) is 0 Å². The first-order valence-electron chi connectivity index (χ1n) is 4.75. The highest BCUT2D eigenvalue weighted by atomic mass is 19.4. The van der Waals surface area contributed by atoms with Crippen LogP contribution in [0, 0.1) is 5.92 Å². The molecule has 14 heavy (non-hydrogen) atoms. The number of carbonyl (C=O) groups is 1. The Balaban J connectivity index is 0.000000791. The molecule has 0 bridgehead atoms. The Kier molecular flexibility index (Phi) is 4.94. The maximum atomic E-state index is 12.2. The third-order valence-electron chi connectivity index (χ3n) is 1.80. The Morgan fingerprint density at radius 2 is 1.79 bits per heavy atom. The lowest BCUT2D eigenvalue weighted by molar-refractivity contribution is -0.165. The highest BCUT2D eigenvalue weighted by molar-refractivity contribution is 5.73. The molecule has 1 N–H and O–H groups in total. The van der Waals surface area contributed by atoms with Crippen molar-refractivity contribution >= 4 is 5.91 Å². The molecule has 1 fully saturated rings. The third-order valence-corrected chi connectivity index (χ3v) is 1.80. The molecule has 1 rings (SSSR count). The van der Waals surface area contributed by atoms with Crippen molar-refractivity contribution in [2.45, 2.75) is 45.8 Å². The number of hydrogen-bond donors (Lipinski definition) is 1. The number of carbonyl (C=O) groups excluding carboxylic acids is 1. The SMILES string of the molecule is CC.CC(=O)NC(C1CC1)C(F)(F)F. The van der Waals surface area contributed by atoms with E-state index in [1.54, 1.807) is 0 Å². The normalized spacial score (nSPS) is 17.9. The second-order valence-corrected chi connectivity index (χ2v) is 3.06. The van der Waals surface area contributed by atoms with Crippen molar-refractivity contribution in [3.05, 3.63) is 0 Å². The minimum Gasteiger partial charge on any atom is -0.344 e. The molecule has 2 nitrogen and oxygen atoms in total. The lowest BCUT2D eigenvalue weighted by atomic mass is 10.2. The van der Waals surface area contributed by atoms with E-state index in [2.05, 4.69) is 0 Å². The van der Waals surface area contributed by atoms with Crippen molar-refractivity contribution < 1.29 is 18.0 Å². The van der Waals surface area contributed by atoms with Gasteiger partial charge in [0.15, 0.2) is 0 Å². The lowest BCUT2D eigenvalue weighted by Gasteiger charge is -2.20. The van der Waals surface area contributed by atoms with E-state index < -0.39 is 24.0 Å². The topological polar surface area (TPSA) is 29.1 Å². The minimum absolute atomic E-state index is 0.395. The van der Waals surface area contributed by atoms with Gasteiger partial charge in [0.2, 0.25) is 5.91 Å². The molecule has 84 valence electrons. The Labute approximate surface area is 81.9 Å². The fourth-order valence-electron chi connectivity index (χ4n) is 1.12. The molecule has 1 saturated carbocycles. The van der Waals surface area contributed by atoms with Gasteiger partial charge in [-0.05, 0) is 18.8 Å². The van der Waals surface area contributed by atoms with E-state index in [1.165, 1.54) is 0 Å². The number of nitrogens with one attached hydrogen (secondary N) is 1. The number of amides is 1. The predicted molar refractivity (Wildman–Crippen MR) is 47.7 cm³/mol. The number of halogens is 3. The summed E-state index contributed by atoms with van der Waals surface area (Å²) in [6.07, 6.45) is -3.18. The zero-order valence-corrected chi connectivity index (χ0v) is 8.61. The third kappa shape index (κ3) is 4.48. The molecule has 1 aliphatic rings. The Hall–Kier alpha value is -0.740. The highest BCUT2D eigenvalue weighted by Gasteiger charge is 2.49. The van der Waals surface area contributed by atoms with Gasteiger partial charge >= 0.3 is 6.18 Å². The van der Waals surface area contributed by atoms with Crippen molar-refractivity contribution in [2.24, 2.45) is 5.92 Å². The predicted octanol–water partition coefficient (Wildman–Crippen LogP) is 2.49. The lowest BCUT2D eigenvalue weighted by Crippen LogP contribution is -2.46. The molecular weight excluding hydrogens is 195 g/mol. The smallest absolute Gasteiger partial charge is 0.344 e. The summed E-state index contributed by atoms with van der Waals surface area (Å²) in [6, 6.07) is -1.63. The van der Waals surface area contributed by atoms with Gasteiger partial charge < -0.3 is 5.32 Å². The maximum absolute atomic E-state index is 12.2. The quantitative estimate of drug-likeness (QED) is 0.747. The van der Waals surface area contributed by atoms with Crippen LogP contribution < -0.4 is 5.32 Å². The second kappa shape index (κ2) is 5.22. The molecule has 0 aromatic heterocycles. The van der Waals surface area contributed by atoms with Crippen LogP contribution in [-0.2, 0) is 4.79 Å². The van der Waals surface area contributed by atoms with Crippen LogP contribution in [0.1, 0.15) is 33.6 Å². The van der Waals surface area contributed by atoms with Gasteiger partial charge in [-0.1, -0.05) is 13.8 Å². The van der Waals surface area contributed by atoms with E-state index in [1.807, 2.05) is 19.2 Å². The Morgan fingerprint density at radius 3 is 2.00 bits per heavy atom. The molecule has 0 aromatic carbocycles. The molecule has 0 aromatic rings. The molecular formula is C9H16F3NO. The standard InChI is InChI=1S/C7H10F3NO.C2H6/c1-4(12)11-6(5-2-3-5)7(8,9)10;1-2/h5-6H,2-3H2,1H3,(H,11,12);1-2H3. The van der Waals surface area contributed by atoms with Gasteiger partial charge in [-0.2, -0.15) is 13.2 Å². The fourth-order valence-corrected chi connectivity index (χ4v) is 1.12. The van der Waals surface area contributed by atoms with Crippen molar-refractivity contribution in [3.8, 4) is 0 Å². The van der Waals surface area contributed by atoms with Crippen LogP contribution in [0.5, 0.6) is 0 Å². The first-order chi connectivity index (χ1) is 6.41. The van der Waals surface area contributed by atoms with Gasteiger partial charge in [0.1, 0.15) is 6.04 Å². The molecule has 0 spiro atoms. The first kappa shape index (κ1) is 13.3. The molecule has 0 saturated heterocycles. The number of alkyl halides is 3. The summed E-state index contributed by atoms with van der Waals surface area (Å²) in [6.45, 7) is 5.10. The van der Waals surface area contributed by atoms with Crippen LogP contribution in [0.3, 0.4) is 0 Å². The van der Waals surface area contributed by atoms with E-state index in [0.29, 0.717) is 12.8 Å². The number of rotatable bonds is 2. The zero-order valence-electron chi connectivity index (χ0n) is 8.61. The number of hydrogen-bond acceptors (Lipinski definition) is 1. The van der Waals surface area contributed by atoms with Crippen LogP contribution >= 0.6 is 0 Å². The first-order valence-corrected chi connectivity index (χ1v) is 4.75. The molecule has 1 atom stereocenters. The average Bonchev–Trinajstić information content (AvgIpc) is 2.84. The Bertz CT molecular complexity index is 187. The Morgan fingerprint density at radius 1 is 1.36 bits per heavy atom. The summed E-state index contributed by atoms with van der Waals surface area (Å²) in [7, 11) is 0. The maximum Gasteiger partial charge on any atom is 0.408 e. The van der Waals surface area contributed by atoms with E-state index in [9.17, 15) is 18.0 Å². The van der Waals surface area contributed by atoms with Gasteiger partial charge in [-0.3, -0.25) is 4.79 Å². The molecule has 1 aliphatic carbocycles. The summed E-state index contributed by atoms with van der Waals surface area (Å²) in [4.78, 5) is 10.4. The summed E-state index contributed by atoms with van der Waals surface area (Å²) in [5, 5.41) is 1.92. The summed E-state index contributed by atoms with van der Waals surface area (Å²) in [5.41, 5.74) is 0. The summed E-state index contributed by atoms with van der Waals surface area (Å²) < 4.78 is 36.5. The van der Waals surface area contributed by atoms with Crippen molar-refractivity contribution in [1.82, 2.24) is 5.32 Å². The van der Waals surface area contributed by atoms with Crippen LogP contribution in [-0.4, -0.2) is 18.1 Å². The van der Waals surface area contributed by atoms with Gasteiger partial charge in [0, 0.05) is 6.92 Å². The van der Waals surface area contributed by atoms with Crippen LogP contribution in [0.4, 0.5) is 13.2 Å². The van der Waals surface area contributed by atoms with Gasteiger partial charge in [0.25, 0.3) is 0 Å². The second-order valence-electron chi connectivity index (χ2n) is 3.06. The molecule has 1 amide bonds. The largest absolute Gasteiger partial charge is 0.408 e. The van der Waals surface area contributed by atoms with Gasteiger partial charge in [0.05, 0.1) is 0 Å². The molecule has 0 radical (unpaired) electrons. The van der Waals surface area contributed by atoms with E-state index in [-0.39, 0.29) is 0 Å². The van der Waals surface area contributed by atoms with E-state index >= 15 is 0 Å². The van der Waals surface area contributed by atoms with Crippen molar-refractivity contribution in [2.75, 3.05) is 0 Å². The average molecular weight is 211 g/mol. The molecule has 0 aliphatic heterocycles. The van der Waals surface area contributed by atoms with Gasteiger partial charge in [-0.25, -0.2) is 0 Å². The molecule has 5 heteroatoms. The summed E-state index contributed by atoms with van der Waals surface area (Å²) >= 11 is 0. The van der Waals surface area contributed by atoms with Crippen molar-refractivity contribution in [3.63, 3.8) is 0 Å². The minimum atomic E-state index is -4.30. The van der Waals surface area contributed by atoms with E-state index in [4.69, 9.17) is 0 Å². The summed E-state index contributed by atoms with van der Waals surface area (Å²) in [5.74, 6) is -1.02. The zero-order chi connectivity index (χ0) is 11.4. The molecule has 0 heterocycles. The van der Waals surface area contributed by atoms with Crippen molar-refractivity contribution in [1.29, 1.82) is 0 Å².